The monoisotopic (exact) mass is 459 g/mol. The van der Waals surface area contributed by atoms with Crippen LogP contribution in [-0.4, -0.2) is 13.7 Å². The molecule has 0 aliphatic rings. The average Bonchev–Trinajstić information content (AvgIpc) is 2.51. The van der Waals surface area contributed by atoms with Crippen molar-refractivity contribution in [3.8, 4) is 5.75 Å². The van der Waals surface area contributed by atoms with Gasteiger partial charge in [-0.15, -0.1) is 0 Å². The van der Waals surface area contributed by atoms with E-state index in [0.29, 0.717) is 0 Å². The minimum absolute atomic E-state index is 0.130. The molecular weight excluding hydrogens is 441 g/mol. The number of methoxy groups -OCH3 is 1. The fourth-order valence-corrected chi connectivity index (χ4v) is 3.34. The van der Waals surface area contributed by atoms with Gasteiger partial charge in [0, 0.05) is 13.6 Å². The number of rotatable bonds is 6. The lowest BCUT2D eigenvalue weighted by molar-refractivity contribution is 0.403. The van der Waals surface area contributed by atoms with Crippen LogP contribution in [0.3, 0.4) is 0 Å². The Bertz CT molecular complexity index is 603. The first-order valence-corrected chi connectivity index (χ1v) is 8.85. The van der Waals surface area contributed by atoms with E-state index in [-0.39, 0.29) is 6.04 Å². The zero-order valence-electron chi connectivity index (χ0n) is 12.2. The molecule has 0 radical (unpaired) electrons. The maximum absolute atomic E-state index is 5.54. The normalized spacial score (nSPS) is 12.2. The van der Waals surface area contributed by atoms with Gasteiger partial charge in [0.05, 0.1) is 13.2 Å². The van der Waals surface area contributed by atoms with E-state index in [1.54, 1.807) is 7.11 Å². The molecule has 21 heavy (non-hydrogen) atoms. The minimum atomic E-state index is 0.130. The van der Waals surface area contributed by atoms with Crippen LogP contribution in [0, 0.1) is 3.57 Å². The summed E-state index contributed by atoms with van der Waals surface area (Å²) < 4.78 is 7.88. The third-order valence-electron chi connectivity index (χ3n) is 3.32. The van der Waals surface area contributed by atoms with Gasteiger partial charge in [-0.3, -0.25) is 0 Å². The van der Waals surface area contributed by atoms with E-state index < -0.39 is 0 Å². The lowest BCUT2D eigenvalue weighted by Gasteiger charge is -2.23. The quantitative estimate of drug-likeness (QED) is 0.603. The minimum Gasteiger partial charge on any atom is -0.496 e. The predicted octanol–water partition coefficient (Wildman–Crippen LogP) is 5.15. The Hall–Kier alpha value is -0.590. The molecule has 0 saturated carbocycles. The van der Waals surface area contributed by atoms with Gasteiger partial charge in [-0.25, -0.2) is 0 Å². The molecular formula is C17H19BrINO. The summed E-state index contributed by atoms with van der Waals surface area (Å²) in [5.41, 5.74) is 2.44. The van der Waals surface area contributed by atoms with Crippen LogP contribution in [0.25, 0.3) is 0 Å². The number of ether oxygens (including phenoxy) is 1. The number of halogens is 2. The molecule has 1 atom stereocenters. The molecule has 2 aromatic carbocycles. The van der Waals surface area contributed by atoms with E-state index in [2.05, 4.69) is 81.1 Å². The first-order chi connectivity index (χ1) is 10.2. The molecule has 2 nitrogen and oxygen atoms in total. The highest BCUT2D eigenvalue weighted by atomic mass is 127. The highest BCUT2D eigenvalue weighted by molar-refractivity contribution is 14.1. The first-order valence-electron chi connectivity index (χ1n) is 6.98. The molecule has 0 fully saturated rings. The molecule has 2 rings (SSSR count). The van der Waals surface area contributed by atoms with Crippen LogP contribution >= 0.6 is 38.5 Å². The van der Waals surface area contributed by atoms with E-state index in [1.165, 1.54) is 14.7 Å². The van der Waals surface area contributed by atoms with Gasteiger partial charge in [0.2, 0.25) is 0 Å². The molecule has 0 saturated heterocycles. The van der Waals surface area contributed by atoms with Gasteiger partial charge in [0.25, 0.3) is 0 Å². The number of hydrogen-bond donors (Lipinski definition) is 1. The maximum atomic E-state index is 5.54. The lowest BCUT2D eigenvalue weighted by Crippen LogP contribution is -2.24. The molecule has 1 unspecified atom stereocenters. The standard InChI is InChI=1S/C17H19BrINO/c1-3-10-20-17(13-6-4-5-7-16(13)21-2)14-11-12(18)8-9-15(14)19/h4-9,11,17,20H,3,10H2,1-2H3. The van der Waals surface area contributed by atoms with Crippen molar-refractivity contribution in [2.24, 2.45) is 0 Å². The molecule has 2 aromatic rings. The van der Waals surface area contributed by atoms with Crippen molar-refractivity contribution in [3.05, 3.63) is 61.6 Å². The molecule has 0 aromatic heterocycles. The summed E-state index contributed by atoms with van der Waals surface area (Å²) in [4.78, 5) is 0. The summed E-state index contributed by atoms with van der Waals surface area (Å²) in [6.45, 7) is 3.14. The predicted molar refractivity (Wildman–Crippen MR) is 100.0 cm³/mol. The Balaban J connectivity index is 2.49. The summed E-state index contributed by atoms with van der Waals surface area (Å²) in [6.07, 6.45) is 1.09. The Morgan fingerprint density at radius 3 is 2.67 bits per heavy atom. The Morgan fingerprint density at radius 1 is 1.19 bits per heavy atom. The van der Waals surface area contributed by atoms with Crippen LogP contribution < -0.4 is 10.1 Å². The first kappa shape index (κ1) is 16.8. The van der Waals surface area contributed by atoms with Crippen LogP contribution in [0.4, 0.5) is 0 Å². The van der Waals surface area contributed by atoms with Crippen molar-refractivity contribution in [2.45, 2.75) is 19.4 Å². The fraction of sp³-hybridized carbons (Fsp3) is 0.294. The van der Waals surface area contributed by atoms with Crippen molar-refractivity contribution < 1.29 is 4.74 Å². The van der Waals surface area contributed by atoms with E-state index in [4.69, 9.17) is 4.74 Å². The fourth-order valence-electron chi connectivity index (χ4n) is 2.32. The second-order valence-electron chi connectivity index (χ2n) is 4.79. The third kappa shape index (κ3) is 4.20. The number of hydrogen-bond acceptors (Lipinski definition) is 2. The van der Waals surface area contributed by atoms with Crippen LogP contribution in [-0.2, 0) is 0 Å². The molecule has 0 amide bonds. The average molecular weight is 460 g/mol. The largest absolute Gasteiger partial charge is 0.496 e. The molecule has 112 valence electrons. The van der Waals surface area contributed by atoms with Crippen molar-refractivity contribution in [1.29, 1.82) is 0 Å². The highest BCUT2D eigenvalue weighted by Crippen LogP contribution is 2.33. The zero-order valence-corrected chi connectivity index (χ0v) is 15.9. The maximum Gasteiger partial charge on any atom is 0.123 e. The van der Waals surface area contributed by atoms with E-state index in [0.717, 1.165) is 23.2 Å². The second kappa shape index (κ2) is 8.15. The molecule has 0 spiro atoms. The number of nitrogens with one attached hydrogen (secondary N) is 1. The van der Waals surface area contributed by atoms with E-state index in [9.17, 15) is 0 Å². The van der Waals surface area contributed by atoms with Gasteiger partial charge in [0.1, 0.15) is 5.75 Å². The van der Waals surface area contributed by atoms with Gasteiger partial charge in [-0.1, -0.05) is 41.1 Å². The molecule has 0 bridgehead atoms. The van der Waals surface area contributed by atoms with Crippen molar-refractivity contribution in [1.82, 2.24) is 5.32 Å². The summed E-state index contributed by atoms with van der Waals surface area (Å²) in [5.74, 6) is 0.918. The van der Waals surface area contributed by atoms with Crippen LogP contribution in [0.5, 0.6) is 5.75 Å². The zero-order chi connectivity index (χ0) is 15.2. The smallest absolute Gasteiger partial charge is 0.123 e. The Labute approximate surface area is 148 Å². The van der Waals surface area contributed by atoms with Gasteiger partial charge < -0.3 is 10.1 Å². The Morgan fingerprint density at radius 2 is 1.95 bits per heavy atom. The van der Waals surface area contributed by atoms with Crippen LogP contribution in [0.15, 0.2) is 46.9 Å². The van der Waals surface area contributed by atoms with Crippen LogP contribution in [0.2, 0.25) is 0 Å². The summed E-state index contributed by atoms with van der Waals surface area (Å²) in [7, 11) is 1.72. The van der Waals surface area contributed by atoms with E-state index in [1.807, 2.05) is 12.1 Å². The molecule has 1 N–H and O–H groups in total. The molecule has 0 aliphatic heterocycles. The third-order valence-corrected chi connectivity index (χ3v) is 4.79. The Kier molecular flexibility index (Phi) is 6.51. The number of para-hydroxylation sites is 1. The summed E-state index contributed by atoms with van der Waals surface area (Å²) in [5, 5.41) is 3.64. The SMILES string of the molecule is CCCNC(c1cc(Br)ccc1I)c1ccccc1OC. The topological polar surface area (TPSA) is 21.3 Å². The summed E-state index contributed by atoms with van der Waals surface area (Å²) in [6, 6.07) is 14.7. The second-order valence-corrected chi connectivity index (χ2v) is 6.87. The van der Waals surface area contributed by atoms with Crippen molar-refractivity contribution in [3.63, 3.8) is 0 Å². The molecule has 0 heterocycles. The van der Waals surface area contributed by atoms with Gasteiger partial charge in [-0.2, -0.15) is 0 Å². The molecule has 0 aliphatic carbocycles. The van der Waals surface area contributed by atoms with Crippen LogP contribution in [0.1, 0.15) is 30.5 Å². The van der Waals surface area contributed by atoms with Crippen molar-refractivity contribution >= 4 is 38.5 Å². The van der Waals surface area contributed by atoms with Gasteiger partial charge in [0.15, 0.2) is 0 Å². The number of benzene rings is 2. The van der Waals surface area contributed by atoms with E-state index >= 15 is 0 Å². The lowest BCUT2D eigenvalue weighted by atomic mass is 9.97. The van der Waals surface area contributed by atoms with Crippen molar-refractivity contribution in [2.75, 3.05) is 13.7 Å². The summed E-state index contributed by atoms with van der Waals surface area (Å²) >= 11 is 5.97. The van der Waals surface area contributed by atoms with Gasteiger partial charge in [-0.05, 0) is 65.4 Å². The molecule has 4 heteroatoms. The highest BCUT2D eigenvalue weighted by Gasteiger charge is 2.19. The van der Waals surface area contributed by atoms with Gasteiger partial charge >= 0.3 is 0 Å².